The van der Waals surface area contributed by atoms with Gasteiger partial charge in [0.15, 0.2) is 0 Å². The van der Waals surface area contributed by atoms with Crippen LogP contribution < -0.4 is 9.47 Å². The van der Waals surface area contributed by atoms with Crippen LogP contribution in [0.2, 0.25) is 0 Å². The fraction of sp³-hybridized carbons (Fsp3) is 0.136. The molecule has 25 heavy (non-hydrogen) atoms. The summed E-state index contributed by atoms with van der Waals surface area (Å²) in [7, 11) is 0. The SMILES string of the molecule is CCOc1ccc(-c2ccc(C(=O)Oc3ccc(C)cc3)cc2)cc1. The van der Waals surface area contributed by atoms with E-state index in [2.05, 4.69) is 0 Å². The van der Waals surface area contributed by atoms with Crippen molar-refractivity contribution in [3.63, 3.8) is 0 Å². The molecule has 0 atom stereocenters. The highest BCUT2D eigenvalue weighted by atomic mass is 16.5. The Hall–Kier alpha value is -3.07. The molecule has 126 valence electrons. The summed E-state index contributed by atoms with van der Waals surface area (Å²) in [5, 5.41) is 0. The van der Waals surface area contributed by atoms with Crippen molar-refractivity contribution in [2.24, 2.45) is 0 Å². The maximum atomic E-state index is 12.2. The molecule has 0 aliphatic rings. The van der Waals surface area contributed by atoms with E-state index in [1.165, 1.54) is 0 Å². The summed E-state index contributed by atoms with van der Waals surface area (Å²) < 4.78 is 10.8. The molecular formula is C22H20O3. The lowest BCUT2D eigenvalue weighted by molar-refractivity contribution is 0.0735. The molecule has 0 fully saturated rings. The highest BCUT2D eigenvalue weighted by molar-refractivity contribution is 5.91. The van der Waals surface area contributed by atoms with Crippen LogP contribution in [0.3, 0.4) is 0 Å². The number of aryl methyl sites for hydroxylation is 1. The van der Waals surface area contributed by atoms with Gasteiger partial charge in [0.05, 0.1) is 12.2 Å². The second-order valence-corrected chi connectivity index (χ2v) is 5.74. The van der Waals surface area contributed by atoms with E-state index < -0.39 is 0 Å². The van der Waals surface area contributed by atoms with Crippen molar-refractivity contribution in [3.8, 4) is 22.6 Å². The predicted molar refractivity (Wildman–Crippen MR) is 99.2 cm³/mol. The van der Waals surface area contributed by atoms with Crippen LogP contribution in [-0.4, -0.2) is 12.6 Å². The Bertz CT molecular complexity index is 832. The number of hydrogen-bond acceptors (Lipinski definition) is 3. The van der Waals surface area contributed by atoms with E-state index >= 15 is 0 Å². The van der Waals surface area contributed by atoms with E-state index in [0.29, 0.717) is 17.9 Å². The Morgan fingerprint density at radius 3 is 1.84 bits per heavy atom. The van der Waals surface area contributed by atoms with Crippen molar-refractivity contribution < 1.29 is 14.3 Å². The van der Waals surface area contributed by atoms with Crippen molar-refractivity contribution in [1.82, 2.24) is 0 Å². The summed E-state index contributed by atoms with van der Waals surface area (Å²) in [5.74, 6) is 1.04. The second-order valence-electron chi connectivity index (χ2n) is 5.74. The van der Waals surface area contributed by atoms with Crippen LogP contribution in [-0.2, 0) is 0 Å². The Morgan fingerprint density at radius 1 is 0.760 bits per heavy atom. The van der Waals surface area contributed by atoms with E-state index in [0.717, 1.165) is 22.4 Å². The third-order valence-corrected chi connectivity index (χ3v) is 3.85. The van der Waals surface area contributed by atoms with Crippen LogP contribution in [0, 0.1) is 6.92 Å². The number of ether oxygens (including phenoxy) is 2. The molecule has 0 spiro atoms. The van der Waals surface area contributed by atoms with Crippen LogP contribution in [0.15, 0.2) is 72.8 Å². The highest BCUT2D eigenvalue weighted by Crippen LogP contribution is 2.23. The zero-order valence-corrected chi connectivity index (χ0v) is 14.4. The van der Waals surface area contributed by atoms with Crippen molar-refractivity contribution >= 4 is 5.97 Å². The Balaban J connectivity index is 1.70. The molecule has 3 aromatic carbocycles. The van der Waals surface area contributed by atoms with Crippen LogP contribution in [0.1, 0.15) is 22.8 Å². The molecule has 3 aromatic rings. The standard InChI is InChI=1S/C22H20O3/c1-3-24-20-14-10-18(11-15-20)17-6-8-19(9-7-17)22(23)25-21-12-4-16(2)5-13-21/h4-15H,3H2,1-2H3. The lowest BCUT2D eigenvalue weighted by atomic mass is 10.0. The molecule has 3 nitrogen and oxygen atoms in total. The highest BCUT2D eigenvalue weighted by Gasteiger charge is 2.09. The minimum atomic E-state index is -0.359. The second kappa shape index (κ2) is 7.67. The molecule has 0 aliphatic heterocycles. The van der Waals surface area contributed by atoms with E-state index in [4.69, 9.17) is 9.47 Å². The van der Waals surface area contributed by atoms with Gasteiger partial charge in [-0.15, -0.1) is 0 Å². The summed E-state index contributed by atoms with van der Waals surface area (Å²) in [4.78, 5) is 12.2. The summed E-state index contributed by atoms with van der Waals surface area (Å²) in [5.41, 5.74) is 3.76. The van der Waals surface area contributed by atoms with Crippen molar-refractivity contribution in [3.05, 3.63) is 83.9 Å². The van der Waals surface area contributed by atoms with Gasteiger partial charge in [-0.25, -0.2) is 4.79 Å². The smallest absolute Gasteiger partial charge is 0.343 e. The molecule has 0 amide bonds. The minimum absolute atomic E-state index is 0.359. The molecule has 0 radical (unpaired) electrons. The van der Waals surface area contributed by atoms with Gasteiger partial charge in [-0.2, -0.15) is 0 Å². The number of hydrogen-bond donors (Lipinski definition) is 0. The Kier molecular flexibility index (Phi) is 5.14. The quantitative estimate of drug-likeness (QED) is 0.471. The molecule has 0 aromatic heterocycles. The number of carbonyl (C=O) groups is 1. The average molecular weight is 332 g/mol. The van der Waals surface area contributed by atoms with Gasteiger partial charge in [-0.1, -0.05) is 42.0 Å². The van der Waals surface area contributed by atoms with E-state index in [-0.39, 0.29) is 5.97 Å². The molecule has 0 N–H and O–H groups in total. The third-order valence-electron chi connectivity index (χ3n) is 3.85. The first-order chi connectivity index (χ1) is 12.2. The molecule has 0 aliphatic carbocycles. The van der Waals surface area contributed by atoms with Crippen molar-refractivity contribution in [1.29, 1.82) is 0 Å². The van der Waals surface area contributed by atoms with Gasteiger partial charge in [0, 0.05) is 0 Å². The van der Waals surface area contributed by atoms with Gasteiger partial charge in [0.25, 0.3) is 0 Å². The zero-order chi connectivity index (χ0) is 17.6. The van der Waals surface area contributed by atoms with Crippen LogP contribution in [0.4, 0.5) is 0 Å². The summed E-state index contributed by atoms with van der Waals surface area (Å²) in [6.07, 6.45) is 0. The fourth-order valence-corrected chi connectivity index (χ4v) is 2.48. The molecule has 3 heteroatoms. The molecule has 0 saturated heterocycles. The lowest BCUT2D eigenvalue weighted by Gasteiger charge is -2.07. The molecular weight excluding hydrogens is 312 g/mol. The summed E-state index contributed by atoms with van der Waals surface area (Å²) in [6.45, 7) is 4.60. The largest absolute Gasteiger partial charge is 0.494 e. The van der Waals surface area contributed by atoms with Crippen LogP contribution in [0.25, 0.3) is 11.1 Å². The minimum Gasteiger partial charge on any atom is -0.494 e. The maximum absolute atomic E-state index is 12.2. The number of rotatable bonds is 5. The van der Waals surface area contributed by atoms with E-state index in [1.54, 1.807) is 24.3 Å². The Morgan fingerprint density at radius 2 is 1.28 bits per heavy atom. The number of carbonyl (C=O) groups excluding carboxylic acids is 1. The topological polar surface area (TPSA) is 35.5 Å². The molecule has 0 unspecified atom stereocenters. The zero-order valence-electron chi connectivity index (χ0n) is 14.4. The molecule has 0 heterocycles. The average Bonchev–Trinajstić information content (AvgIpc) is 2.65. The monoisotopic (exact) mass is 332 g/mol. The number of benzene rings is 3. The van der Waals surface area contributed by atoms with Gasteiger partial charge >= 0.3 is 5.97 Å². The fourth-order valence-electron chi connectivity index (χ4n) is 2.48. The maximum Gasteiger partial charge on any atom is 0.343 e. The Labute approximate surface area is 147 Å². The van der Waals surface area contributed by atoms with Gasteiger partial charge < -0.3 is 9.47 Å². The number of esters is 1. The summed E-state index contributed by atoms with van der Waals surface area (Å²) >= 11 is 0. The predicted octanol–water partition coefficient (Wildman–Crippen LogP) is 5.28. The van der Waals surface area contributed by atoms with Crippen LogP contribution in [0.5, 0.6) is 11.5 Å². The van der Waals surface area contributed by atoms with Gasteiger partial charge in [-0.05, 0) is 61.4 Å². The third kappa shape index (κ3) is 4.27. The van der Waals surface area contributed by atoms with Gasteiger partial charge in [0.1, 0.15) is 11.5 Å². The first kappa shape index (κ1) is 16.8. The summed E-state index contributed by atoms with van der Waals surface area (Å²) in [6, 6.07) is 22.7. The molecule has 0 bridgehead atoms. The van der Waals surface area contributed by atoms with E-state index in [1.807, 2.05) is 62.4 Å². The van der Waals surface area contributed by atoms with E-state index in [9.17, 15) is 4.79 Å². The first-order valence-electron chi connectivity index (χ1n) is 8.28. The lowest BCUT2D eigenvalue weighted by Crippen LogP contribution is -2.08. The first-order valence-corrected chi connectivity index (χ1v) is 8.28. The van der Waals surface area contributed by atoms with Crippen molar-refractivity contribution in [2.45, 2.75) is 13.8 Å². The molecule has 0 saturated carbocycles. The van der Waals surface area contributed by atoms with Gasteiger partial charge in [-0.3, -0.25) is 0 Å². The van der Waals surface area contributed by atoms with Crippen molar-refractivity contribution in [2.75, 3.05) is 6.61 Å². The molecule has 3 rings (SSSR count). The normalized spacial score (nSPS) is 10.3. The van der Waals surface area contributed by atoms with Gasteiger partial charge in [0.2, 0.25) is 0 Å². The van der Waals surface area contributed by atoms with Crippen LogP contribution >= 0.6 is 0 Å².